The number of aryl methyl sites for hydroxylation is 1. The maximum atomic E-state index is 4.43. The molecule has 1 aliphatic heterocycles. The molecule has 2 aromatic heterocycles. The number of hydrogen-bond donors (Lipinski definition) is 2. The van der Waals surface area contributed by atoms with Crippen molar-refractivity contribution in [3.63, 3.8) is 0 Å². The zero-order chi connectivity index (χ0) is 17.1. The van der Waals surface area contributed by atoms with Gasteiger partial charge in [0.1, 0.15) is 18.0 Å². The van der Waals surface area contributed by atoms with Crippen molar-refractivity contribution in [1.29, 1.82) is 0 Å². The summed E-state index contributed by atoms with van der Waals surface area (Å²) in [5.41, 5.74) is 3.83. The third-order valence-corrected chi connectivity index (χ3v) is 5.55. The minimum absolute atomic E-state index is 0.854. The molecule has 3 aromatic rings. The minimum atomic E-state index is 0.854. The van der Waals surface area contributed by atoms with Crippen molar-refractivity contribution >= 4 is 34.3 Å². The van der Waals surface area contributed by atoms with E-state index < -0.39 is 0 Å². The van der Waals surface area contributed by atoms with Crippen molar-refractivity contribution in [3.8, 4) is 0 Å². The number of rotatable bonds is 5. The van der Waals surface area contributed by atoms with E-state index in [0.29, 0.717) is 0 Å². The molecule has 1 aromatic carbocycles. The van der Waals surface area contributed by atoms with Crippen molar-refractivity contribution in [2.45, 2.75) is 13.3 Å². The minimum Gasteiger partial charge on any atom is -0.370 e. The lowest BCUT2D eigenvalue weighted by molar-refractivity contribution is 0.834. The van der Waals surface area contributed by atoms with Crippen LogP contribution in [0.1, 0.15) is 11.1 Å². The van der Waals surface area contributed by atoms with Crippen LogP contribution in [0.4, 0.5) is 11.6 Å². The fourth-order valence-corrected chi connectivity index (χ4v) is 4.14. The van der Waals surface area contributed by atoms with Crippen molar-refractivity contribution in [2.75, 3.05) is 41.4 Å². The van der Waals surface area contributed by atoms with Gasteiger partial charge in [-0.15, -0.1) is 0 Å². The van der Waals surface area contributed by atoms with Crippen molar-refractivity contribution in [1.82, 2.24) is 15.0 Å². The van der Waals surface area contributed by atoms with Crippen LogP contribution in [-0.2, 0) is 6.42 Å². The van der Waals surface area contributed by atoms with Gasteiger partial charge in [0.15, 0.2) is 0 Å². The first-order valence-corrected chi connectivity index (χ1v) is 9.90. The van der Waals surface area contributed by atoms with Crippen LogP contribution in [0.2, 0.25) is 0 Å². The van der Waals surface area contributed by atoms with Crippen LogP contribution in [0.3, 0.4) is 0 Å². The first-order valence-electron chi connectivity index (χ1n) is 8.75. The summed E-state index contributed by atoms with van der Waals surface area (Å²) in [6.07, 6.45) is 4.74. The molecular weight excluding hydrogens is 330 g/mol. The highest BCUT2D eigenvalue weighted by Crippen LogP contribution is 2.21. The summed E-state index contributed by atoms with van der Waals surface area (Å²) in [6.45, 7) is 5.11. The predicted molar refractivity (Wildman–Crippen MR) is 107 cm³/mol. The summed E-state index contributed by atoms with van der Waals surface area (Å²) >= 11 is 2.01. The molecule has 0 saturated carbocycles. The number of hydrogen-bond acceptors (Lipinski definition) is 5. The van der Waals surface area contributed by atoms with Crippen molar-refractivity contribution in [2.24, 2.45) is 0 Å². The Kier molecular flexibility index (Phi) is 4.78. The van der Waals surface area contributed by atoms with Crippen LogP contribution >= 0.6 is 11.8 Å². The summed E-state index contributed by atoms with van der Waals surface area (Å²) in [4.78, 5) is 14.5. The van der Waals surface area contributed by atoms with Crippen LogP contribution in [0.25, 0.3) is 10.9 Å². The zero-order valence-corrected chi connectivity index (χ0v) is 15.3. The highest BCUT2D eigenvalue weighted by atomic mass is 32.2. The first kappa shape index (κ1) is 16.3. The molecule has 0 bridgehead atoms. The lowest BCUT2D eigenvalue weighted by atomic mass is 10.1. The average Bonchev–Trinajstić information content (AvgIpc) is 3.05. The van der Waals surface area contributed by atoms with Gasteiger partial charge < -0.3 is 15.2 Å². The van der Waals surface area contributed by atoms with Crippen LogP contribution < -0.4 is 10.2 Å². The molecule has 0 atom stereocenters. The molecule has 1 aliphatic rings. The van der Waals surface area contributed by atoms with Crippen LogP contribution in [0.15, 0.2) is 36.8 Å². The molecule has 0 aliphatic carbocycles. The molecule has 2 N–H and O–H groups in total. The van der Waals surface area contributed by atoms with Crippen molar-refractivity contribution in [3.05, 3.63) is 47.9 Å². The van der Waals surface area contributed by atoms with Gasteiger partial charge in [0.05, 0.1) is 0 Å². The molecule has 4 rings (SSSR count). The van der Waals surface area contributed by atoms with E-state index in [2.05, 4.69) is 62.6 Å². The van der Waals surface area contributed by atoms with Gasteiger partial charge in [-0.25, -0.2) is 9.97 Å². The lowest BCUT2D eigenvalue weighted by Crippen LogP contribution is -2.33. The fourth-order valence-electron chi connectivity index (χ4n) is 3.24. The molecule has 5 nitrogen and oxygen atoms in total. The number of aromatic nitrogens is 3. The second-order valence-corrected chi connectivity index (χ2v) is 7.63. The molecule has 130 valence electrons. The van der Waals surface area contributed by atoms with Gasteiger partial charge in [0, 0.05) is 54.3 Å². The summed E-state index contributed by atoms with van der Waals surface area (Å²) in [5.74, 6) is 4.28. The molecular formula is C19H23N5S. The number of aromatic amines is 1. The molecule has 0 radical (unpaired) electrons. The van der Waals surface area contributed by atoms with Gasteiger partial charge in [-0.3, -0.25) is 0 Å². The Morgan fingerprint density at radius 2 is 2.08 bits per heavy atom. The number of thioether (sulfide) groups is 1. The molecule has 3 heterocycles. The van der Waals surface area contributed by atoms with Gasteiger partial charge in [-0.1, -0.05) is 12.1 Å². The third-order valence-electron chi connectivity index (χ3n) is 4.61. The molecule has 0 unspecified atom stereocenters. The Balaban J connectivity index is 1.39. The largest absolute Gasteiger partial charge is 0.370 e. The summed E-state index contributed by atoms with van der Waals surface area (Å²) in [5, 5.41) is 4.75. The molecule has 1 fully saturated rings. The molecule has 0 spiro atoms. The van der Waals surface area contributed by atoms with Crippen molar-refractivity contribution < 1.29 is 0 Å². The van der Waals surface area contributed by atoms with Crippen LogP contribution in [0.5, 0.6) is 0 Å². The second kappa shape index (κ2) is 7.35. The van der Waals surface area contributed by atoms with E-state index in [9.17, 15) is 0 Å². The SMILES string of the molecule is Cc1ccc2c(CCNc3cc(N4CCSCC4)ncn3)c[nH]c2c1. The van der Waals surface area contributed by atoms with E-state index in [1.54, 1.807) is 6.33 Å². The van der Waals surface area contributed by atoms with E-state index in [4.69, 9.17) is 0 Å². The lowest BCUT2D eigenvalue weighted by Gasteiger charge is -2.27. The highest BCUT2D eigenvalue weighted by Gasteiger charge is 2.13. The quantitative estimate of drug-likeness (QED) is 0.735. The Hall–Kier alpha value is -2.21. The normalized spacial score (nSPS) is 14.8. The Morgan fingerprint density at radius 1 is 1.20 bits per heavy atom. The predicted octanol–water partition coefficient (Wildman–Crippen LogP) is 3.47. The van der Waals surface area contributed by atoms with E-state index in [-0.39, 0.29) is 0 Å². The molecule has 25 heavy (non-hydrogen) atoms. The maximum Gasteiger partial charge on any atom is 0.134 e. The van der Waals surface area contributed by atoms with Crippen LogP contribution in [-0.4, -0.2) is 46.1 Å². The fraction of sp³-hybridized carbons (Fsp3) is 0.368. The summed E-state index contributed by atoms with van der Waals surface area (Å²) in [6, 6.07) is 8.63. The molecule has 1 saturated heterocycles. The monoisotopic (exact) mass is 353 g/mol. The average molecular weight is 353 g/mol. The summed E-state index contributed by atoms with van der Waals surface area (Å²) < 4.78 is 0. The van der Waals surface area contributed by atoms with Crippen LogP contribution in [0, 0.1) is 6.92 Å². The smallest absolute Gasteiger partial charge is 0.134 e. The Morgan fingerprint density at radius 3 is 2.96 bits per heavy atom. The number of H-pyrrole nitrogens is 1. The topological polar surface area (TPSA) is 56.8 Å². The summed E-state index contributed by atoms with van der Waals surface area (Å²) in [7, 11) is 0. The number of nitrogens with one attached hydrogen (secondary N) is 2. The Bertz CT molecular complexity index is 854. The molecule has 6 heteroatoms. The number of anilines is 2. The Labute approximate surface area is 152 Å². The van der Waals surface area contributed by atoms with Gasteiger partial charge >= 0.3 is 0 Å². The number of benzene rings is 1. The molecule has 0 amide bonds. The zero-order valence-electron chi connectivity index (χ0n) is 14.5. The highest BCUT2D eigenvalue weighted by molar-refractivity contribution is 7.99. The van der Waals surface area contributed by atoms with Gasteiger partial charge in [0.2, 0.25) is 0 Å². The van der Waals surface area contributed by atoms with E-state index >= 15 is 0 Å². The first-order chi connectivity index (χ1) is 12.3. The van der Waals surface area contributed by atoms with E-state index in [1.165, 1.54) is 33.5 Å². The van der Waals surface area contributed by atoms with Gasteiger partial charge in [0.25, 0.3) is 0 Å². The number of fused-ring (bicyclic) bond motifs is 1. The van der Waals surface area contributed by atoms with E-state index in [0.717, 1.165) is 37.7 Å². The third kappa shape index (κ3) is 3.74. The maximum absolute atomic E-state index is 4.43. The van der Waals surface area contributed by atoms with Gasteiger partial charge in [-0.2, -0.15) is 11.8 Å². The standard InChI is InChI=1S/C19H23N5S/c1-14-2-3-16-15(12-21-17(16)10-14)4-5-20-18-11-19(23-13-22-18)24-6-8-25-9-7-24/h2-3,10-13,21H,4-9H2,1H3,(H,20,22,23). The number of nitrogens with zero attached hydrogens (tertiary/aromatic N) is 3. The van der Waals surface area contributed by atoms with E-state index in [1.807, 2.05) is 11.8 Å². The second-order valence-electron chi connectivity index (χ2n) is 6.40. The van der Waals surface area contributed by atoms with Gasteiger partial charge in [-0.05, 0) is 30.5 Å².